The average Bonchev–Trinajstić information content (AvgIpc) is 3.26. The van der Waals surface area contributed by atoms with E-state index >= 15 is 0 Å². The van der Waals surface area contributed by atoms with Crippen LogP contribution in [0.1, 0.15) is 17.8 Å². The summed E-state index contributed by atoms with van der Waals surface area (Å²) in [6.45, 7) is -2.72. The van der Waals surface area contributed by atoms with E-state index in [1.54, 1.807) is 0 Å². The van der Waals surface area contributed by atoms with Gasteiger partial charge in [0, 0.05) is 18.2 Å². The lowest BCUT2D eigenvalue weighted by Crippen LogP contribution is -2.45. The molecule has 1 amide bonds. The Labute approximate surface area is 212 Å². The highest BCUT2D eigenvalue weighted by Crippen LogP contribution is 2.36. The van der Waals surface area contributed by atoms with Crippen LogP contribution in [0.25, 0.3) is 11.3 Å². The molecule has 2 atom stereocenters. The van der Waals surface area contributed by atoms with Gasteiger partial charge in [-0.2, -0.15) is 17.5 Å². The number of carbonyl (C=O) groups is 1. The summed E-state index contributed by atoms with van der Waals surface area (Å²) < 4.78 is 106. The molecule has 0 radical (unpaired) electrons. The van der Waals surface area contributed by atoms with E-state index in [0.29, 0.717) is 4.31 Å². The molecule has 0 aliphatic carbocycles. The molecule has 1 fully saturated rings. The normalized spacial score (nSPS) is 20.4. The molecule has 2 aromatic heterocycles. The Hall–Kier alpha value is -3.59. The average molecular weight is 559 g/mol. The molecule has 1 saturated heterocycles. The molecule has 8 nitrogen and oxygen atoms in total. The summed E-state index contributed by atoms with van der Waals surface area (Å²) in [7, 11) is -4.48. The number of carbonyl (C=O) groups excluding carboxylic acids is 1. The molecule has 3 aromatic rings. The third kappa shape index (κ3) is 5.78. The highest BCUT2D eigenvalue weighted by Gasteiger charge is 2.52. The van der Waals surface area contributed by atoms with Gasteiger partial charge in [-0.15, -0.1) is 0 Å². The van der Waals surface area contributed by atoms with E-state index in [4.69, 9.17) is 0 Å². The Balaban J connectivity index is 1.51. The first-order chi connectivity index (χ1) is 17.8. The van der Waals surface area contributed by atoms with Crippen LogP contribution in [0, 0.1) is 5.82 Å². The summed E-state index contributed by atoms with van der Waals surface area (Å²) in [5, 5.41) is 2.42. The number of alkyl halides is 5. The van der Waals surface area contributed by atoms with Gasteiger partial charge < -0.3 is 5.32 Å². The smallest absolute Gasteiger partial charge is 0.349 e. The standard InChI is InChI=1S/C23H19F6N5O3S/c24-11-22(26)8-19(34(12-22)38(36,37)17-4-2-15(25)3-5-17)21(35)31-10-16-7-18(33-13-32-16)14-1-6-20(30-9-14)23(27,28)29/h1-7,9,13,19H,8,10-12H2,(H,31,35)/t19-,22?/m0/s1. The summed E-state index contributed by atoms with van der Waals surface area (Å²) in [6, 6.07) is 5.37. The Morgan fingerprint density at radius 3 is 2.42 bits per heavy atom. The van der Waals surface area contributed by atoms with Gasteiger partial charge in [0.1, 0.15) is 30.6 Å². The molecule has 38 heavy (non-hydrogen) atoms. The van der Waals surface area contributed by atoms with Gasteiger partial charge in [0.25, 0.3) is 0 Å². The van der Waals surface area contributed by atoms with Crippen LogP contribution in [0.15, 0.2) is 59.9 Å². The van der Waals surface area contributed by atoms with E-state index in [1.165, 1.54) is 6.07 Å². The predicted octanol–water partition coefficient (Wildman–Crippen LogP) is 3.45. The topological polar surface area (TPSA) is 105 Å². The van der Waals surface area contributed by atoms with Crippen LogP contribution in [0.3, 0.4) is 0 Å². The molecule has 0 spiro atoms. The van der Waals surface area contributed by atoms with Crippen LogP contribution in [0.5, 0.6) is 0 Å². The third-order valence-electron chi connectivity index (χ3n) is 5.83. The maximum atomic E-state index is 14.9. The first kappa shape index (κ1) is 27.4. The zero-order valence-corrected chi connectivity index (χ0v) is 20.1. The second kappa shape index (κ2) is 10.3. The summed E-state index contributed by atoms with van der Waals surface area (Å²) in [6.07, 6.45) is -3.29. The minimum Gasteiger partial charge on any atom is -0.349 e. The zero-order chi connectivity index (χ0) is 27.7. The lowest BCUT2D eigenvalue weighted by Gasteiger charge is -2.23. The summed E-state index contributed by atoms with van der Waals surface area (Å²) in [5.41, 5.74) is -3.05. The van der Waals surface area contributed by atoms with Crippen LogP contribution in [0.4, 0.5) is 26.3 Å². The molecule has 3 heterocycles. The van der Waals surface area contributed by atoms with Crippen LogP contribution in [0.2, 0.25) is 0 Å². The zero-order valence-electron chi connectivity index (χ0n) is 19.3. The van der Waals surface area contributed by atoms with Crippen LogP contribution in [-0.2, 0) is 27.5 Å². The lowest BCUT2D eigenvalue weighted by atomic mass is 10.0. The van der Waals surface area contributed by atoms with Gasteiger partial charge in [-0.05, 0) is 42.5 Å². The molecule has 4 rings (SSSR count). The van der Waals surface area contributed by atoms with Crippen molar-refractivity contribution in [3.05, 3.63) is 72.2 Å². The molecule has 0 bridgehead atoms. The van der Waals surface area contributed by atoms with Crippen molar-refractivity contribution >= 4 is 15.9 Å². The number of rotatable bonds is 7. The minimum absolute atomic E-state index is 0.200. The lowest BCUT2D eigenvalue weighted by molar-refractivity contribution is -0.141. The fourth-order valence-electron chi connectivity index (χ4n) is 3.88. The number of aromatic nitrogens is 3. The van der Waals surface area contributed by atoms with E-state index < -0.39 is 69.9 Å². The van der Waals surface area contributed by atoms with Crippen molar-refractivity contribution in [2.24, 2.45) is 0 Å². The van der Waals surface area contributed by atoms with Crippen LogP contribution < -0.4 is 5.32 Å². The molecule has 0 saturated carbocycles. The van der Waals surface area contributed by atoms with Crippen molar-refractivity contribution in [1.29, 1.82) is 0 Å². The number of hydrogen-bond donors (Lipinski definition) is 1. The number of benzene rings is 1. The molecule has 1 unspecified atom stereocenters. The highest BCUT2D eigenvalue weighted by molar-refractivity contribution is 7.89. The molecule has 1 aliphatic heterocycles. The van der Waals surface area contributed by atoms with E-state index in [9.17, 15) is 39.6 Å². The van der Waals surface area contributed by atoms with Crippen molar-refractivity contribution < 1.29 is 39.6 Å². The second-order valence-corrected chi connectivity index (χ2v) is 10.4. The minimum atomic E-state index is -4.61. The van der Waals surface area contributed by atoms with Gasteiger partial charge in [-0.1, -0.05) is 0 Å². The quantitative estimate of drug-likeness (QED) is 0.445. The van der Waals surface area contributed by atoms with Gasteiger partial charge in [0.05, 0.1) is 29.4 Å². The molecular formula is C23H19F6N5O3S. The number of hydrogen-bond acceptors (Lipinski definition) is 6. The second-order valence-electron chi connectivity index (χ2n) is 8.55. The Morgan fingerprint density at radius 1 is 1.11 bits per heavy atom. The number of amides is 1. The van der Waals surface area contributed by atoms with Gasteiger partial charge in [-0.3, -0.25) is 9.78 Å². The number of nitrogens with one attached hydrogen (secondary N) is 1. The summed E-state index contributed by atoms with van der Waals surface area (Å²) in [4.78, 5) is 23.8. The van der Waals surface area contributed by atoms with Crippen molar-refractivity contribution in [2.75, 3.05) is 13.2 Å². The van der Waals surface area contributed by atoms with E-state index in [1.807, 2.05) is 0 Å². The summed E-state index contributed by atoms with van der Waals surface area (Å²) in [5.74, 6) is -1.64. The summed E-state index contributed by atoms with van der Waals surface area (Å²) >= 11 is 0. The number of sulfonamides is 1. The number of pyridine rings is 1. The largest absolute Gasteiger partial charge is 0.433 e. The predicted molar refractivity (Wildman–Crippen MR) is 121 cm³/mol. The maximum Gasteiger partial charge on any atom is 0.433 e. The molecule has 1 aromatic carbocycles. The Kier molecular flexibility index (Phi) is 7.43. The fourth-order valence-corrected chi connectivity index (χ4v) is 5.54. The first-order valence-electron chi connectivity index (χ1n) is 11.0. The molecule has 1 aliphatic rings. The van der Waals surface area contributed by atoms with E-state index in [-0.39, 0.29) is 23.5 Å². The number of halogens is 6. The van der Waals surface area contributed by atoms with E-state index in [0.717, 1.165) is 48.9 Å². The highest BCUT2D eigenvalue weighted by atomic mass is 32.2. The van der Waals surface area contributed by atoms with Crippen LogP contribution >= 0.6 is 0 Å². The van der Waals surface area contributed by atoms with Crippen molar-refractivity contribution in [2.45, 2.75) is 35.7 Å². The van der Waals surface area contributed by atoms with Crippen molar-refractivity contribution in [3.8, 4) is 11.3 Å². The van der Waals surface area contributed by atoms with Gasteiger partial charge in [0.15, 0.2) is 5.67 Å². The Morgan fingerprint density at radius 2 is 1.82 bits per heavy atom. The molecular weight excluding hydrogens is 540 g/mol. The van der Waals surface area contributed by atoms with Crippen molar-refractivity contribution in [3.63, 3.8) is 0 Å². The van der Waals surface area contributed by atoms with Gasteiger partial charge in [-0.25, -0.2) is 31.6 Å². The van der Waals surface area contributed by atoms with Gasteiger partial charge in [0.2, 0.25) is 15.9 Å². The SMILES string of the molecule is O=C(NCc1cc(-c2ccc(C(F)(F)F)nc2)ncn1)[C@@H]1CC(F)(CF)CN1S(=O)(=O)c1ccc(F)cc1. The Bertz CT molecular complexity index is 1420. The third-order valence-corrected chi connectivity index (χ3v) is 7.69. The fraction of sp³-hybridized carbons (Fsp3) is 0.304. The van der Waals surface area contributed by atoms with Crippen molar-refractivity contribution in [1.82, 2.24) is 24.6 Å². The van der Waals surface area contributed by atoms with Gasteiger partial charge >= 0.3 is 6.18 Å². The maximum absolute atomic E-state index is 14.9. The molecule has 1 N–H and O–H groups in total. The van der Waals surface area contributed by atoms with E-state index in [2.05, 4.69) is 20.3 Å². The van der Waals surface area contributed by atoms with Crippen LogP contribution in [-0.4, -0.2) is 58.5 Å². The number of nitrogens with zero attached hydrogens (tertiary/aromatic N) is 4. The monoisotopic (exact) mass is 559 g/mol. The molecule has 202 valence electrons. The first-order valence-corrected chi connectivity index (χ1v) is 12.4. The molecule has 15 heteroatoms.